The van der Waals surface area contributed by atoms with Gasteiger partial charge in [0, 0.05) is 19.7 Å². The number of hydrogen-bond acceptors (Lipinski definition) is 3. The van der Waals surface area contributed by atoms with Crippen molar-refractivity contribution in [3.8, 4) is 0 Å². The molecule has 108 valence electrons. The van der Waals surface area contributed by atoms with Crippen LogP contribution >= 0.6 is 0 Å². The van der Waals surface area contributed by atoms with Crippen molar-refractivity contribution in [2.24, 2.45) is 11.7 Å². The molecule has 0 bridgehead atoms. The van der Waals surface area contributed by atoms with Crippen molar-refractivity contribution in [1.29, 1.82) is 0 Å². The molecule has 1 aromatic carbocycles. The minimum atomic E-state index is 0.215. The van der Waals surface area contributed by atoms with Crippen LogP contribution in [0.2, 0.25) is 0 Å². The van der Waals surface area contributed by atoms with E-state index in [9.17, 15) is 0 Å². The number of nitrogens with two attached hydrogens (primary N) is 1. The number of benzene rings is 1. The Balaban J connectivity index is 2.73. The maximum Gasteiger partial charge on any atom is 0.0716 e. The monoisotopic (exact) mass is 264 g/mol. The molecule has 3 N–H and O–H groups in total. The van der Waals surface area contributed by atoms with Crippen LogP contribution in [0.15, 0.2) is 24.3 Å². The average molecular weight is 264 g/mol. The highest BCUT2D eigenvalue weighted by Gasteiger charge is 2.14. The Kier molecular flexibility index (Phi) is 7.72. The van der Waals surface area contributed by atoms with Gasteiger partial charge in [-0.05, 0) is 23.6 Å². The van der Waals surface area contributed by atoms with Gasteiger partial charge in [-0.15, -0.1) is 0 Å². The summed E-state index contributed by atoms with van der Waals surface area (Å²) in [6, 6.07) is 8.58. The van der Waals surface area contributed by atoms with Gasteiger partial charge in [0.2, 0.25) is 0 Å². The van der Waals surface area contributed by atoms with Crippen molar-refractivity contribution in [2.75, 3.05) is 20.2 Å². The van der Waals surface area contributed by atoms with E-state index < -0.39 is 0 Å². The second-order valence-electron chi connectivity index (χ2n) is 5.01. The average Bonchev–Trinajstić information content (AvgIpc) is 2.45. The summed E-state index contributed by atoms with van der Waals surface area (Å²) in [6.07, 6.45) is 2.42. The quantitative estimate of drug-likeness (QED) is 0.721. The first-order valence-corrected chi connectivity index (χ1v) is 7.26. The van der Waals surface area contributed by atoms with Gasteiger partial charge in [-0.1, -0.05) is 51.0 Å². The molecular formula is C16H28N2O. The van der Waals surface area contributed by atoms with E-state index in [-0.39, 0.29) is 6.04 Å². The summed E-state index contributed by atoms with van der Waals surface area (Å²) < 4.78 is 5.26. The van der Waals surface area contributed by atoms with Crippen LogP contribution in [0.5, 0.6) is 0 Å². The summed E-state index contributed by atoms with van der Waals surface area (Å²) in [6.45, 7) is 6.76. The van der Waals surface area contributed by atoms with Crippen LogP contribution in [0.4, 0.5) is 0 Å². The molecule has 0 aliphatic rings. The summed E-state index contributed by atoms with van der Waals surface area (Å²) in [7, 11) is 1.73. The molecule has 0 amide bonds. The van der Waals surface area contributed by atoms with Crippen LogP contribution in [-0.4, -0.2) is 20.2 Å². The molecule has 0 saturated heterocycles. The molecule has 3 nitrogen and oxygen atoms in total. The number of ether oxygens (including phenoxy) is 1. The van der Waals surface area contributed by atoms with E-state index in [4.69, 9.17) is 10.5 Å². The van der Waals surface area contributed by atoms with Crippen molar-refractivity contribution in [1.82, 2.24) is 5.32 Å². The lowest BCUT2D eigenvalue weighted by atomic mass is 9.98. The van der Waals surface area contributed by atoms with Crippen LogP contribution in [-0.2, 0) is 11.3 Å². The first kappa shape index (κ1) is 16.2. The molecule has 0 fully saturated rings. The molecule has 1 atom stereocenters. The summed E-state index contributed by atoms with van der Waals surface area (Å²) >= 11 is 0. The summed E-state index contributed by atoms with van der Waals surface area (Å²) in [5, 5.41) is 3.61. The molecule has 3 heteroatoms. The van der Waals surface area contributed by atoms with Gasteiger partial charge in [0.05, 0.1) is 6.61 Å². The third kappa shape index (κ3) is 4.94. The largest absolute Gasteiger partial charge is 0.380 e. The highest BCUT2D eigenvalue weighted by Crippen LogP contribution is 2.19. The van der Waals surface area contributed by atoms with Crippen LogP contribution in [0.25, 0.3) is 0 Å². The SMILES string of the molecule is CCC(CC)CNC(CN)c1ccccc1COC. The Morgan fingerprint density at radius 2 is 1.89 bits per heavy atom. The van der Waals surface area contributed by atoms with Crippen LogP contribution < -0.4 is 11.1 Å². The van der Waals surface area contributed by atoms with Gasteiger partial charge in [0.1, 0.15) is 0 Å². The second-order valence-corrected chi connectivity index (χ2v) is 5.01. The van der Waals surface area contributed by atoms with Crippen LogP contribution in [0.3, 0.4) is 0 Å². The number of nitrogens with one attached hydrogen (secondary N) is 1. The van der Waals surface area contributed by atoms with E-state index in [1.807, 2.05) is 6.07 Å². The van der Waals surface area contributed by atoms with E-state index in [1.165, 1.54) is 24.0 Å². The van der Waals surface area contributed by atoms with Crippen molar-refractivity contribution < 1.29 is 4.74 Å². The first-order valence-electron chi connectivity index (χ1n) is 7.26. The van der Waals surface area contributed by atoms with E-state index in [2.05, 4.69) is 37.4 Å². The van der Waals surface area contributed by atoms with Gasteiger partial charge < -0.3 is 15.8 Å². The Morgan fingerprint density at radius 1 is 1.21 bits per heavy atom. The number of methoxy groups -OCH3 is 1. The zero-order valence-electron chi connectivity index (χ0n) is 12.5. The van der Waals surface area contributed by atoms with E-state index >= 15 is 0 Å². The maximum atomic E-state index is 5.94. The van der Waals surface area contributed by atoms with E-state index in [1.54, 1.807) is 7.11 Å². The zero-order chi connectivity index (χ0) is 14.1. The van der Waals surface area contributed by atoms with Crippen LogP contribution in [0, 0.1) is 5.92 Å². The second kappa shape index (κ2) is 9.08. The highest BCUT2D eigenvalue weighted by molar-refractivity contribution is 5.29. The standard InChI is InChI=1S/C16H28N2O/c1-4-13(5-2)11-18-16(10-17)15-9-7-6-8-14(15)12-19-3/h6-9,13,16,18H,4-5,10-12,17H2,1-3H3. The highest BCUT2D eigenvalue weighted by atomic mass is 16.5. The Hall–Kier alpha value is -0.900. The fraction of sp³-hybridized carbons (Fsp3) is 0.625. The number of rotatable bonds is 9. The zero-order valence-corrected chi connectivity index (χ0v) is 12.5. The lowest BCUT2D eigenvalue weighted by Gasteiger charge is -2.23. The number of hydrogen-bond donors (Lipinski definition) is 2. The molecular weight excluding hydrogens is 236 g/mol. The normalized spacial score (nSPS) is 12.9. The smallest absolute Gasteiger partial charge is 0.0716 e. The molecule has 0 radical (unpaired) electrons. The van der Waals surface area contributed by atoms with Gasteiger partial charge >= 0.3 is 0 Å². The Labute approximate surface area is 117 Å². The lowest BCUT2D eigenvalue weighted by Crippen LogP contribution is -2.32. The Bertz CT molecular complexity index is 350. The molecule has 1 rings (SSSR count). The minimum Gasteiger partial charge on any atom is -0.380 e. The fourth-order valence-corrected chi connectivity index (χ4v) is 2.37. The molecule has 0 aromatic heterocycles. The van der Waals surface area contributed by atoms with Gasteiger partial charge in [-0.2, -0.15) is 0 Å². The molecule has 1 aromatic rings. The van der Waals surface area contributed by atoms with Gasteiger partial charge in [-0.3, -0.25) is 0 Å². The van der Waals surface area contributed by atoms with Gasteiger partial charge in [-0.25, -0.2) is 0 Å². The fourth-order valence-electron chi connectivity index (χ4n) is 2.37. The molecule has 0 aliphatic carbocycles. The molecule has 19 heavy (non-hydrogen) atoms. The minimum absolute atomic E-state index is 0.215. The third-order valence-corrected chi connectivity index (χ3v) is 3.77. The van der Waals surface area contributed by atoms with Gasteiger partial charge in [0.15, 0.2) is 0 Å². The molecule has 0 aliphatic heterocycles. The predicted molar refractivity (Wildman–Crippen MR) is 81.0 cm³/mol. The van der Waals surface area contributed by atoms with Crippen LogP contribution in [0.1, 0.15) is 43.9 Å². The topological polar surface area (TPSA) is 47.3 Å². The predicted octanol–water partition coefficient (Wildman–Crippen LogP) is 2.86. The molecule has 0 heterocycles. The third-order valence-electron chi connectivity index (χ3n) is 3.77. The molecule has 0 spiro atoms. The van der Waals surface area contributed by atoms with Gasteiger partial charge in [0.25, 0.3) is 0 Å². The molecule has 0 saturated carbocycles. The van der Waals surface area contributed by atoms with E-state index in [0.29, 0.717) is 13.2 Å². The van der Waals surface area contributed by atoms with E-state index in [0.717, 1.165) is 12.5 Å². The van der Waals surface area contributed by atoms with Crippen molar-refractivity contribution in [2.45, 2.75) is 39.3 Å². The van der Waals surface area contributed by atoms with Crippen molar-refractivity contribution in [3.63, 3.8) is 0 Å². The molecule has 1 unspecified atom stereocenters. The maximum absolute atomic E-state index is 5.94. The van der Waals surface area contributed by atoms with Crippen molar-refractivity contribution >= 4 is 0 Å². The van der Waals surface area contributed by atoms with Crippen molar-refractivity contribution in [3.05, 3.63) is 35.4 Å². The summed E-state index contributed by atoms with van der Waals surface area (Å²) in [5.41, 5.74) is 8.42. The first-order chi connectivity index (χ1) is 9.26. The summed E-state index contributed by atoms with van der Waals surface area (Å²) in [4.78, 5) is 0. The Morgan fingerprint density at radius 3 is 2.47 bits per heavy atom. The summed E-state index contributed by atoms with van der Waals surface area (Å²) in [5.74, 6) is 0.726. The lowest BCUT2D eigenvalue weighted by molar-refractivity contribution is 0.183.